The van der Waals surface area contributed by atoms with Gasteiger partial charge in [-0.05, 0) is 56.7 Å². The summed E-state index contributed by atoms with van der Waals surface area (Å²) in [5.74, 6) is -0.0533. The number of halogens is 1. The van der Waals surface area contributed by atoms with Gasteiger partial charge in [-0.3, -0.25) is 4.79 Å². The molecule has 0 radical (unpaired) electrons. The molecule has 1 aliphatic rings. The van der Waals surface area contributed by atoms with E-state index in [1.54, 1.807) is 19.0 Å². The number of nitrogens with zero attached hydrogens (tertiary/aromatic N) is 1. The third-order valence-corrected chi connectivity index (χ3v) is 6.84. The van der Waals surface area contributed by atoms with E-state index in [4.69, 9.17) is 0 Å². The molecule has 2 rings (SSSR count). The molecule has 24 heavy (non-hydrogen) atoms. The van der Waals surface area contributed by atoms with Crippen LogP contribution >= 0.6 is 15.9 Å². The van der Waals surface area contributed by atoms with Crippen molar-refractivity contribution >= 4 is 32.8 Å². The smallest absolute Gasteiger partial charge is 0.248 e. The summed E-state index contributed by atoms with van der Waals surface area (Å²) in [4.78, 5) is 14.9. The standard InChI is InChI=1S/C18H27BrN2O2S/c1-16(2,3)24(23)20-18(15(22)21(5)6,17(4)11-12-17)13-7-9-14(19)10-8-13/h7-10,20H,11-12H2,1-6H3/t18-,24+/m1/s1. The Hall–Kier alpha value is -0.720. The Bertz CT molecular complexity index is 648. The van der Waals surface area contributed by atoms with Crippen molar-refractivity contribution in [2.24, 2.45) is 5.41 Å². The zero-order valence-electron chi connectivity index (χ0n) is 15.3. The van der Waals surface area contributed by atoms with Crippen molar-refractivity contribution in [1.82, 2.24) is 9.62 Å². The summed E-state index contributed by atoms with van der Waals surface area (Å²) < 4.78 is 16.7. The minimum Gasteiger partial charge on any atom is -0.347 e. The van der Waals surface area contributed by atoms with E-state index in [2.05, 4.69) is 27.6 Å². The van der Waals surface area contributed by atoms with Crippen molar-refractivity contribution in [2.75, 3.05) is 14.1 Å². The Morgan fingerprint density at radius 3 is 2.08 bits per heavy atom. The Kier molecular flexibility index (Phi) is 5.34. The second-order valence-electron chi connectivity index (χ2n) is 8.00. The lowest BCUT2D eigenvalue weighted by Gasteiger charge is -2.42. The normalized spacial score (nSPS) is 20.1. The molecule has 0 unspecified atom stereocenters. The maximum atomic E-state index is 13.3. The van der Waals surface area contributed by atoms with Gasteiger partial charge in [0.05, 0.1) is 15.7 Å². The Balaban J connectivity index is 2.63. The molecule has 0 spiro atoms. The number of carbonyl (C=O) groups is 1. The van der Waals surface area contributed by atoms with Crippen LogP contribution < -0.4 is 4.72 Å². The van der Waals surface area contributed by atoms with Gasteiger partial charge in [-0.1, -0.05) is 35.0 Å². The number of amides is 1. The van der Waals surface area contributed by atoms with Crippen molar-refractivity contribution in [1.29, 1.82) is 0 Å². The van der Waals surface area contributed by atoms with Gasteiger partial charge in [0.25, 0.3) is 0 Å². The van der Waals surface area contributed by atoms with Crippen LogP contribution in [0.3, 0.4) is 0 Å². The highest BCUT2D eigenvalue weighted by Gasteiger charge is 2.62. The van der Waals surface area contributed by atoms with Crippen LogP contribution in [-0.4, -0.2) is 33.9 Å². The van der Waals surface area contributed by atoms with Crippen LogP contribution in [0, 0.1) is 5.41 Å². The fraction of sp³-hybridized carbons (Fsp3) is 0.611. The molecule has 134 valence electrons. The highest BCUT2D eigenvalue weighted by molar-refractivity contribution is 9.10. The molecule has 1 fully saturated rings. The molecule has 2 atom stereocenters. The van der Waals surface area contributed by atoms with Crippen LogP contribution in [0.5, 0.6) is 0 Å². The summed E-state index contributed by atoms with van der Waals surface area (Å²) >= 11 is 3.45. The minimum atomic E-state index is -1.37. The van der Waals surface area contributed by atoms with Gasteiger partial charge in [0.2, 0.25) is 5.91 Å². The average Bonchev–Trinajstić information content (AvgIpc) is 3.22. The molecule has 0 aliphatic heterocycles. The molecule has 1 saturated carbocycles. The van der Waals surface area contributed by atoms with E-state index in [9.17, 15) is 9.00 Å². The molecule has 1 amide bonds. The zero-order chi connectivity index (χ0) is 18.3. The monoisotopic (exact) mass is 414 g/mol. The van der Waals surface area contributed by atoms with Gasteiger partial charge in [0.1, 0.15) is 5.54 Å². The first-order valence-electron chi connectivity index (χ1n) is 8.11. The van der Waals surface area contributed by atoms with E-state index in [1.807, 2.05) is 45.0 Å². The van der Waals surface area contributed by atoms with Crippen molar-refractivity contribution in [2.45, 2.75) is 50.8 Å². The van der Waals surface area contributed by atoms with Gasteiger partial charge in [0.15, 0.2) is 0 Å². The van der Waals surface area contributed by atoms with Crippen LogP contribution in [0.1, 0.15) is 46.1 Å². The average molecular weight is 415 g/mol. The summed E-state index contributed by atoms with van der Waals surface area (Å²) in [6.07, 6.45) is 1.86. The summed E-state index contributed by atoms with van der Waals surface area (Å²) in [5.41, 5.74) is -0.375. The Morgan fingerprint density at radius 1 is 1.21 bits per heavy atom. The van der Waals surface area contributed by atoms with Crippen molar-refractivity contribution < 1.29 is 9.00 Å². The van der Waals surface area contributed by atoms with Crippen LogP contribution in [0.4, 0.5) is 0 Å². The molecule has 0 heterocycles. The van der Waals surface area contributed by atoms with Crippen LogP contribution in [0.15, 0.2) is 28.7 Å². The lowest BCUT2D eigenvalue weighted by Crippen LogP contribution is -2.61. The lowest BCUT2D eigenvalue weighted by molar-refractivity contribution is -0.138. The van der Waals surface area contributed by atoms with E-state index in [1.165, 1.54) is 0 Å². The first kappa shape index (κ1) is 19.6. The van der Waals surface area contributed by atoms with Crippen LogP contribution in [0.25, 0.3) is 0 Å². The van der Waals surface area contributed by atoms with Crippen molar-refractivity contribution in [3.8, 4) is 0 Å². The van der Waals surface area contributed by atoms with E-state index < -0.39 is 21.3 Å². The molecule has 0 aromatic heterocycles. The van der Waals surface area contributed by atoms with Gasteiger partial charge in [-0.2, -0.15) is 0 Å². The SMILES string of the molecule is CN(C)C(=O)[C@](N[S@@](=O)C(C)(C)C)(c1ccc(Br)cc1)C1(C)CC1. The summed E-state index contributed by atoms with van der Waals surface area (Å²) in [6, 6.07) is 7.75. The number of likely N-dealkylation sites (N-methyl/N-ethyl adjacent to an activating group) is 1. The molecule has 1 aromatic rings. The van der Waals surface area contributed by atoms with E-state index >= 15 is 0 Å². The molecule has 1 N–H and O–H groups in total. The Labute approximate surface area is 156 Å². The minimum absolute atomic E-state index is 0.0533. The van der Waals surface area contributed by atoms with Gasteiger partial charge in [-0.15, -0.1) is 0 Å². The molecule has 0 saturated heterocycles. The highest BCUT2D eigenvalue weighted by atomic mass is 79.9. The zero-order valence-corrected chi connectivity index (χ0v) is 17.7. The largest absolute Gasteiger partial charge is 0.347 e. The first-order valence-corrected chi connectivity index (χ1v) is 10.1. The van der Waals surface area contributed by atoms with E-state index in [-0.39, 0.29) is 11.3 Å². The van der Waals surface area contributed by atoms with Gasteiger partial charge in [0, 0.05) is 18.6 Å². The summed E-state index contributed by atoms with van der Waals surface area (Å²) in [6.45, 7) is 7.84. The van der Waals surface area contributed by atoms with E-state index in [0.29, 0.717) is 0 Å². The van der Waals surface area contributed by atoms with Gasteiger partial charge >= 0.3 is 0 Å². The number of nitrogens with one attached hydrogen (secondary N) is 1. The number of hydrogen-bond acceptors (Lipinski definition) is 2. The predicted octanol–water partition coefficient (Wildman–Crippen LogP) is 3.58. The molecule has 0 bridgehead atoms. The number of rotatable bonds is 5. The van der Waals surface area contributed by atoms with Gasteiger partial charge in [-0.25, -0.2) is 8.93 Å². The fourth-order valence-electron chi connectivity index (χ4n) is 2.85. The number of benzene rings is 1. The van der Waals surface area contributed by atoms with Crippen molar-refractivity contribution in [3.63, 3.8) is 0 Å². The third-order valence-electron chi connectivity index (χ3n) is 4.71. The topological polar surface area (TPSA) is 49.4 Å². The van der Waals surface area contributed by atoms with Crippen LogP contribution in [-0.2, 0) is 21.3 Å². The highest BCUT2D eigenvalue weighted by Crippen LogP contribution is 2.59. The Morgan fingerprint density at radius 2 is 1.71 bits per heavy atom. The van der Waals surface area contributed by atoms with Gasteiger partial charge < -0.3 is 4.90 Å². The second kappa shape index (κ2) is 6.54. The number of hydrogen-bond donors (Lipinski definition) is 1. The maximum Gasteiger partial charge on any atom is 0.248 e. The molecule has 1 aromatic carbocycles. The number of carbonyl (C=O) groups excluding carboxylic acids is 1. The first-order chi connectivity index (χ1) is 10.9. The molecule has 4 nitrogen and oxygen atoms in total. The van der Waals surface area contributed by atoms with Crippen molar-refractivity contribution in [3.05, 3.63) is 34.3 Å². The predicted molar refractivity (Wildman–Crippen MR) is 103 cm³/mol. The lowest BCUT2D eigenvalue weighted by atomic mass is 9.76. The van der Waals surface area contributed by atoms with E-state index in [0.717, 1.165) is 22.9 Å². The second-order valence-corrected chi connectivity index (χ2v) is 10.9. The molecular weight excluding hydrogens is 388 g/mol. The molecule has 1 aliphatic carbocycles. The summed E-state index contributed by atoms with van der Waals surface area (Å²) in [5, 5.41) is 0. The summed E-state index contributed by atoms with van der Waals surface area (Å²) in [7, 11) is 2.14. The maximum absolute atomic E-state index is 13.3. The van der Waals surface area contributed by atoms with Crippen LogP contribution in [0.2, 0.25) is 0 Å². The third kappa shape index (κ3) is 3.46. The molecule has 6 heteroatoms. The quantitative estimate of drug-likeness (QED) is 0.799. The fourth-order valence-corrected chi connectivity index (χ4v) is 4.15. The molecular formula is C18H27BrN2O2S.